The van der Waals surface area contributed by atoms with Gasteiger partial charge in [0.25, 0.3) is 11.4 Å². The van der Waals surface area contributed by atoms with Gasteiger partial charge in [0.2, 0.25) is 0 Å². The maximum absolute atomic E-state index is 11.7. The Kier molecular flexibility index (Phi) is 7.67. The molecule has 4 unspecified atom stereocenters. The standard InChI is InChI=1S/C30H36N2O8S2/c1-29-7-6-21-20(22(29)16-25-28(29)40-12-11-38-25)4-2-18-14-24-26(39-10-9-37-24)17-30(18,21)8-13-41-42-27-5-3-19(31(33)34)15-23(27)32(35)36/h3,5-6,14-15,20,22,24-26,28H,2,4,7-13,16-17H2,1H3/t20-,22+,24?,25?,26?,28?,29+,30+/m1/s1. The summed E-state index contributed by atoms with van der Waals surface area (Å²) >= 11 is 0. The van der Waals surface area contributed by atoms with Crippen molar-refractivity contribution in [2.75, 3.05) is 32.2 Å². The van der Waals surface area contributed by atoms with E-state index in [9.17, 15) is 20.2 Å². The molecule has 2 aliphatic heterocycles. The van der Waals surface area contributed by atoms with Gasteiger partial charge >= 0.3 is 0 Å². The van der Waals surface area contributed by atoms with Crippen molar-refractivity contribution in [1.82, 2.24) is 0 Å². The molecule has 42 heavy (non-hydrogen) atoms. The predicted molar refractivity (Wildman–Crippen MR) is 158 cm³/mol. The highest BCUT2D eigenvalue weighted by Crippen LogP contribution is 2.65. The third-order valence-corrected chi connectivity index (χ3v) is 13.1. The lowest BCUT2D eigenvalue weighted by Crippen LogP contribution is -2.52. The molecule has 0 N–H and O–H groups in total. The highest BCUT2D eigenvalue weighted by Gasteiger charge is 2.61. The molecule has 6 aliphatic rings. The molecule has 0 bridgehead atoms. The SMILES string of the molecule is C[C@]12CC=C3[C@@H](CCC4=CC5OCCOC5C[C@@]43CCSSc3ccc([N+](=O)[O-])cc3[N+](=O)[O-])[C@@H]1CC1OCCOC12. The van der Waals surface area contributed by atoms with E-state index in [1.54, 1.807) is 16.4 Å². The minimum atomic E-state index is -0.602. The molecule has 0 spiro atoms. The number of allylic oxidation sites excluding steroid dienone is 3. The number of nitrogens with zero attached hydrogens (tertiary/aromatic N) is 2. The van der Waals surface area contributed by atoms with Crippen molar-refractivity contribution >= 4 is 33.0 Å². The van der Waals surface area contributed by atoms with E-state index < -0.39 is 9.85 Å². The second-order valence-electron chi connectivity index (χ2n) is 12.6. The molecule has 1 aromatic carbocycles. The zero-order valence-electron chi connectivity index (χ0n) is 23.6. The molecule has 0 amide bonds. The van der Waals surface area contributed by atoms with E-state index in [0.29, 0.717) is 43.2 Å². The van der Waals surface area contributed by atoms with Gasteiger partial charge in [-0.1, -0.05) is 51.8 Å². The van der Waals surface area contributed by atoms with Crippen molar-refractivity contribution in [1.29, 1.82) is 0 Å². The first-order valence-electron chi connectivity index (χ1n) is 14.9. The molecule has 8 atom stereocenters. The second kappa shape index (κ2) is 11.2. The summed E-state index contributed by atoms with van der Waals surface area (Å²) in [4.78, 5) is 22.1. The molecule has 4 fully saturated rings. The molecule has 226 valence electrons. The number of rotatable bonds is 7. The average Bonchev–Trinajstić information content (AvgIpc) is 3.30. The van der Waals surface area contributed by atoms with Crippen LogP contribution in [0.15, 0.2) is 46.4 Å². The Morgan fingerprint density at radius 1 is 1.02 bits per heavy atom. The quantitative estimate of drug-likeness (QED) is 0.114. The number of benzene rings is 1. The molecular weight excluding hydrogens is 580 g/mol. The fraction of sp³-hybridized carbons (Fsp3) is 0.667. The Balaban J connectivity index is 1.16. The van der Waals surface area contributed by atoms with Crippen LogP contribution in [0.5, 0.6) is 0 Å². The Morgan fingerprint density at radius 3 is 2.62 bits per heavy atom. The predicted octanol–water partition coefficient (Wildman–Crippen LogP) is 6.28. The lowest BCUT2D eigenvalue weighted by Gasteiger charge is -2.56. The van der Waals surface area contributed by atoms with Crippen LogP contribution < -0.4 is 0 Å². The van der Waals surface area contributed by atoms with E-state index in [0.717, 1.165) is 50.3 Å². The second-order valence-corrected chi connectivity index (χ2v) is 15.1. The summed E-state index contributed by atoms with van der Waals surface area (Å²) in [5.41, 5.74) is 2.44. The highest BCUT2D eigenvalue weighted by atomic mass is 33.1. The molecule has 2 heterocycles. The van der Waals surface area contributed by atoms with Gasteiger partial charge in [0.1, 0.15) is 6.10 Å². The van der Waals surface area contributed by atoms with Crippen LogP contribution >= 0.6 is 21.6 Å². The summed E-state index contributed by atoms with van der Waals surface area (Å²) in [7, 11) is 2.90. The van der Waals surface area contributed by atoms with E-state index in [1.165, 1.54) is 28.5 Å². The molecule has 4 aliphatic carbocycles. The Morgan fingerprint density at radius 2 is 1.81 bits per heavy atom. The summed E-state index contributed by atoms with van der Waals surface area (Å²) in [5.74, 6) is 1.75. The van der Waals surface area contributed by atoms with Crippen molar-refractivity contribution in [2.24, 2.45) is 22.7 Å². The molecular formula is C30H36N2O8S2. The van der Waals surface area contributed by atoms with Crippen LogP contribution in [-0.4, -0.2) is 66.4 Å². The molecule has 0 aromatic heterocycles. The summed E-state index contributed by atoms with van der Waals surface area (Å²) in [6, 6.07) is 3.87. The fourth-order valence-electron chi connectivity index (χ4n) is 8.85. The first-order valence-corrected chi connectivity index (χ1v) is 17.2. The smallest absolute Gasteiger partial charge is 0.290 e. The van der Waals surface area contributed by atoms with Crippen molar-refractivity contribution < 1.29 is 28.8 Å². The third kappa shape index (κ3) is 4.73. The molecule has 10 nitrogen and oxygen atoms in total. The maximum atomic E-state index is 11.7. The lowest BCUT2D eigenvalue weighted by atomic mass is 9.50. The van der Waals surface area contributed by atoms with Gasteiger partial charge in [-0.2, -0.15) is 0 Å². The molecule has 2 saturated heterocycles. The van der Waals surface area contributed by atoms with Crippen LogP contribution in [0, 0.1) is 42.9 Å². The van der Waals surface area contributed by atoms with E-state index in [2.05, 4.69) is 19.1 Å². The average molecular weight is 617 g/mol. The lowest BCUT2D eigenvalue weighted by molar-refractivity contribution is -0.396. The van der Waals surface area contributed by atoms with Gasteiger partial charge in [-0.25, -0.2) is 0 Å². The van der Waals surface area contributed by atoms with E-state index in [1.807, 2.05) is 0 Å². The largest absolute Gasteiger partial charge is 0.373 e. The summed E-state index contributed by atoms with van der Waals surface area (Å²) < 4.78 is 25.0. The van der Waals surface area contributed by atoms with Gasteiger partial charge in [-0.15, -0.1) is 0 Å². The van der Waals surface area contributed by atoms with Gasteiger partial charge in [-0.05, 0) is 56.4 Å². The number of hydrogen-bond acceptors (Lipinski definition) is 10. The number of nitro groups is 2. The zero-order chi connectivity index (χ0) is 29.1. The fourth-order valence-corrected chi connectivity index (χ4v) is 11.1. The van der Waals surface area contributed by atoms with Crippen LogP contribution in [0.1, 0.15) is 45.4 Å². The first-order chi connectivity index (χ1) is 20.3. The Hall–Kier alpha value is -1.96. The van der Waals surface area contributed by atoms with Crippen molar-refractivity contribution in [3.05, 3.63) is 61.7 Å². The third-order valence-electron chi connectivity index (χ3n) is 10.7. The van der Waals surface area contributed by atoms with Gasteiger partial charge in [0.05, 0.1) is 65.5 Å². The minimum absolute atomic E-state index is 0.00572. The number of fused-ring (bicyclic) bond motifs is 8. The minimum Gasteiger partial charge on any atom is -0.373 e. The van der Waals surface area contributed by atoms with Crippen LogP contribution in [0.2, 0.25) is 0 Å². The normalized spacial score (nSPS) is 38.6. The molecule has 2 saturated carbocycles. The van der Waals surface area contributed by atoms with Gasteiger partial charge < -0.3 is 18.9 Å². The van der Waals surface area contributed by atoms with Crippen molar-refractivity contribution in [3.63, 3.8) is 0 Å². The van der Waals surface area contributed by atoms with E-state index in [-0.39, 0.29) is 46.6 Å². The molecule has 12 heteroatoms. The first kappa shape index (κ1) is 28.8. The van der Waals surface area contributed by atoms with Crippen LogP contribution in [0.25, 0.3) is 0 Å². The van der Waals surface area contributed by atoms with E-state index in [4.69, 9.17) is 18.9 Å². The summed E-state index contributed by atoms with van der Waals surface area (Å²) in [6.45, 7) is 4.97. The maximum Gasteiger partial charge on any atom is 0.290 e. The number of ether oxygens (including phenoxy) is 4. The number of non-ortho nitro benzene ring substituents is 1. The monoisotopic (exact) mass is 616 g/mol. The topological polar surface area (TPSA) is 123 Å². The van der Waals surface area contributed by atoms with Crippen LogP contribution in [-0.2, 0) is 18.9 Å². The van der Waals surface area contributed by atoms with Crippen molar-refractivity contribution in [2.45, 2.75) is 74.8 Å². The van der Waals surface area contributed by atoms with Crippen molar-refractivity contribution in [3.8, 4) is 0 Å². The molecule has 7 rings (SSSR count). The Bertz CT molecular complexity index is 1340. The van der Waals surface area contributed by atoms with E-state index >= 15 is 0 Å². The molecule has 1 aromatic rings. The summed E-state index contributed by atoms with van der Waals surface area (Å²) in [6.07, 6.45) is 11.2. The zero-order valence-corrected chi connectivity index (χ0v) is 25.2. The van der Waals surface area contributed by atoms with Crippen LogP contribution in [0.3, 0.4) is 0 Å². The van der Waals surface area contributed by atoms with Crippen LogP contribution in [0.4, 0.5) is 11.4 Å². The Labute approximate surface area is 252 Å². The summed E-state index contributed by atoms with van der Waals surface area (Å²) in [5, 5.41) is 22.8. The number of hydrogen-bond donors (Lipinski definition) is 0. The van der Waals surface area contributed by atoms with Gasteiger partial charge in [0, 0.05) is 22.6 Å². The van der Waals surface area contributed by atoms with Gasteiger partial charge in [0.15, 0.2) is 0 Å². The van der Waals surface area contributed by atoms with Gasteiger partial charge in [-0.3, -0.25) is 20.2 Å². The highest BCUT2D eigenvalue weighted by molar-refractivity contribution is 8.76. The molecule has 0 radical (unpaired) electrons. The number of nitro benzene ring substituents is 2.